The van der Waals surface area contributed by atoms with Crippen LogP contribution in [0.4, 0.5) is 4.39 Å². The number of nitrogens with zero attached hydrogens (tertiary/aromatic N) is 2. The number of furan rings is 1. The molecule has 0 bridgehead atoms. The molecule has 1 aromatic carbocycles. The number of likely N-dealkylation sites (tertiary alicyclic amines) is 1. The topological polar surface area (TPSA) is 97.1 Å². The number of rotatable bonds is 5. The summed E-state index contributed by atoms with van der Waals surface area (Å²) in [5, 5.41) is 0. The number of halogens is 1. The van der Waals surface area contributed by atoms with Crippen LogP contribution in [0, 0.1) is 11.7 Å². The third kappa shape index (κ3) is 4.13. The van der Waals surface area contributed by atoms with Crippen LogP contribution in [0.5, 0.6) is 0 Å². The van der Waals surface area contributed by atoms with Crippen molar-refractivity contribution in [1.82, 2.24) is 9.80 Å². The number of morpholine rings is 1. The summed E-state index contributed by atoms with van der Waals surface area (Å²) in [6, 6.07) is 7.21. The molecule has 2 aromatic rings. The van der Waals surface area contributed by atoms with E-state index in [1.54, 1.807) is 17.0 Å². The highest BCUT2D eigenvalue weighted by Crippen LogP contribution is 2.26. The fourth-order valence-electron chi connectivity index (χ4n) is 3.76. The summed E-state index contributed by atoms with van der Waals surface area (Å²) in [5.74, 6) is -4.26. The lowest BCUT2D eigenvalue weighted by Crippen LogP contribution is -2.40. The molecular weight excluding hydrogens is 407 g/mol. The van der Waals surface area contributed by atoms with Gasteiger partial charge < -0.3 is 19.0 Å². The van der Waals surface area contributed by atoms with Gasteiger partial charge in [-0.2, -0.15) is 0 Å². The van der Waals surface area contributed by atoms with E-state index in [2.05, 4.69) is 0 Å². The van der Waals surface area contributed by atoms with Gasteiger partial charge in [0.25, 0.3) is 11.8 Å². The lowest BCUT2D eigenvalue weighted by atomic mass is 9.95. The van der Waals surface area contributed by atoms with Crippen LogP contribution >= 0.6 is 0 Å². The van der Waals surface area contributed by atoms with Crippen molar-refractivity contribution in [3.05, 3.63) is 58.8 Å². The molecular formula is C22H21FN2O6. The first kappa shape index (κ1) is 20.9. The van der Waals surface area contributed by atoms with E-state index >= 15 is 0 Å². The van der Waals surface area contributed by atoms with Crippen molar-refractivity contribution in [2.45, 2.75) is 6.42 Å². The van der Waals surface area contributed by atoms with E-state index in [1.807, 2.05) is 0 Å². The average Bonchev–Trinajstić information content (AvgIpc) is 3.31. The van der Waals surface area contributed by atoms with Gasteiger partial charge in [0.15, 0.2) is 11.5 Å². The molecule has 0 aliphatic carbocycles. The molecule has 3 heterocycles. The SMILES string of the molecule is CN1CC(C(=O)c2oc(C(=O)N3CCOCC3)cc2Cc2ccc(F)cc2)C(=O)C1=O. The van der Waals surface area contributed by atoms with Gasteiger partial charge in [0.05, 0.1) is 13.2 Å². The van der Waals surface area contributed by atoms with E-state index in [9.17, 15) is 23.6 Å². The first-order valence-corrected chi connectivity index (χ1v) is 9.93. The summed E-state index contributed by atoms with van der Waals surface area (Å²) in [4.78, 5) is 52.8. The first-order valence-electron chi connectivity index (χ1n) is 9.93. The number of ketones is 2. The van der Waals surface area contributed by atoms with Gasteiger partial charge in [0, 0.05) is 38.7 Å². The van der Waals surface area contributed by atoms with Crippen LogP contribution in [0.15, 0.2) is 34.7 Å². The van der Waals surface area contributed by atoms with Crippen LogP contribution in [-0.2, 0) is 20.7 Å². The Kier molecular flexibility index (Phi) is 5.69. The Labute approximate surface area is 177 Å². The van der Waals surface area contributed by atoms with Crippen molar-refractivity contribution in [2.24, 2.45) is 5.92 Å². The second kappa shape index (κ2) is 8.43. The number of likely N-dealkylation sites (N-methyl/N-ethyl adjacent to an activating group) is 1. The maximum atomic E-state index is 13.3. The molecule has 2 aliphatic rings. The molecule has 2 amide bonds. The van der Waals surface area contributed by atoms with Crippen molar-refractivity contribution in [1.29, 1.82) is 0 Å². The Balaban J connectivity index is 1.67. The molecule has 1 atom stereocenters. The second-order valence-corrected chi connectivity index (χ2v) is 7.64. The molecule has 162 valence electrons. The molecule has 0 radical (unpaired) electrons. The Hall–Kier alpha value is -3.33. The van der Waals surface area contributed by atoms with Crippen LogP contribution < -0.4 is 0 Å². The van der Waals surface area contributed by atoms with E-state index in [1.165, 1.54) is 30.1 Å². The third-order valence-corrected chi connectivity index (χ3v) is 5.50. The summed E-state index contributed by atoms with van der Waals surface area (Å²) in [6.07, 6.45) is 0.200. The molecule has 0 saturated carbocycles. The largest absolute Gasteiger partial charge is 0.447 e. The van der Waals surface area contributed by atoms with Crippen LogP contribution in [0.2, 0.25) is 0 Å². The van der Waals surface area contributed by atoms with Crippen LogP contribution in [0.1, 0.15) is 32.2 Å². The standard InChI is InChI=1S/C22H21FN2O6/c1-24-12-16(19(27)22(24)29)18(26)20-14(10-13-2-4-15(23)5-3-13)11-17(31-20)21(28)25-6-8-30-9-7-25/h2-5,11,16H,6-10,12H2,1H3. The molecule has 2 fully saturated rings. The molecule has 0 spiro atoms. The summed E-state index contributed by atoms with van der Waals surface area (Å²) >= 11 is 0. The Morgan fingerprint density at radius 2 is 1.81 bits per heavy atom. The number of benzene rings is 1. The zero-order valence-corrected chi connectivity index (χ0v) is 16.9. The highest BCUT2D eigenvalue weighted by molar-refractivity contribution is 6.43. The maximum absolute atomic E-state index is 13.3. The maximum Gasteiger partial charge on any atom is 0.290 e. The van der Waals surface area contributed by atoms with Crippen LogP contribution in [0.25, 0.3) is 0 Å². The number of amides is 2. The molecule has 2 aliphatic heterocycles. The quantitative estimate of drug-likeness (QED) is 0.405. The summed E-state index contributed by atoms with van der Waals surface area (Å²) < 4.78 is 24.2. The molecule has 31 heavy (non-hydrogen) atoms. The highest BCUT2D eigenvalue weighted by atomic mass is 19.1. The zero-order valence-electron chi connectivity index (χ0n) is 16.9. The summed E-state index contributed by atoms with van der Waals surface area (Å²) in [7, 11) is 1.45. The lowest BCUT2D eigenvalue weighted by molar-refractivity contribution is -0.139. The van der Waals surface area contributed by atoms with Gasteiger partial charge in [0.2, 0.25) is 11.6 Å². The van der Waals surface area contributed by atoms with Gasteiger partial charge in [-0.3, -0.25) is 19.2 Å². The fraction of sp³-hybridized carbons (Fsp3) is 0.364. The van der Waals surface area contributed by atoms with Crippen molar-refractivity contribution in [2.75, 3.05) is 39.9 Å². The van der Waals surface area contributed by atoms with Gasteiger partial charge in [-0.15, -0.1) is 0 Å². The van der Waals surface area contributed by atoms with Gasteiger partial charge >= 0.3 is 0 Å². The van der Waals surface area contributed by atoms with E-state index in [0.29, 0.717) is 37.4 Å². The molecule has 1 aromatic heterocycles. The first-order chi connectivity index (χ1) is 14.8. The number of hydrogen-bond donors (Lipinski definition) is 0. The molecule has 9 heteroatoms. The summed E-state index contributed by atoms with van der Waals surface area (Å²) in [6.45, 7) is 1.57. The predicted molar refractivity (Wildman–Crippen MR) is 105 cm³/mol. The van der Waals surface area contributed by atoms with Crippen molar-refractivity contribution >= 4 is 23.4 Å². The monoisotopic (exact) mass is 428 g/mol. The van der Waals surface area contributed by atoms with Gasteiger partial charge in [-0.25, -0.2) is 4.39 Å². The zero-order chi connectivity index (χ0) is 22.1. The van der Waals surface area contributed by atoms with E-state index in [4.69, 9.17) is 9.15 Å². The normalized spacial score (nSPS) is 19.2. The average molecular weight is 428 g/mol. The van der Waals surface area contributed by atoms with E-state index < -0.39 is 29.2 Å². The number of ether oxygens (including phenoxy) is 1. The van der Waals surface area contributed by atoms with Crippen molar-refractivity contribution in [3.63, 3.8) is 0 Å². The molecule has 2 saturated heterocycles. The smallest absolute Gasteiger partial charge is 0.290 e. The Morgan fingerprint density at radius 3 is 2.42 bits per heavy atom. The van der Waals surface area contributed by atoms with E-state index in [-0.39, 0.29) is 30.4 Å². The van der Waals surface area contributed by atoms with Gasteiger partial charge in [-0.1, -0.05) is 12.1 Å². The number of Topliss-reactive ketones (excluding diaryl/α,β-unsaturated/α-hetero) is 2. The summed E-state index contributed by atoms with van der Waals surface area (Å²) in [5.41, 5.74) is 1.11. The van der Waals surface area contributed by atoms with Gasteiger partial charge in [-0.05, 0) is 23.8 Å². The number of carbonyl (C=O) groups excluding carboxylic acids is 4. The van der Waals surface area contributed by atoms with Crippen molar-refractivity contribution in [3.8, 4) is 0 Å². The predicted octanol–water partition coefficient (Wildman–Crippen LogP) is 1.32. The minimum absolute atomic E-state index is 0.0208. The molecule has 4 rings (SSSR count). The second-order valence-electron chi connectivity index (χ2n) is 7.64. The molecule has 1 unspecified atom stereocenters. The third-order valence-electron chi connectivity index (χ3n) is 5.50. The van der Waals surface area contributed by atoms with Crippen LogP contribution in [0.3, 0.4) is 0 Å². The van der Waals surface area contributed by atoms with Gasteiger partial charge in [0.1, 0.15) is 11.7 Å². The molecule has 0 N–H and O–H groups in total. The van der Waals surface area contributed by atoms with Crippen LogP contribution in [-0.4, -0.2) is 73.1 Å². The molecule has 8 nitrogen and oxygen atoms in total. The van der Waals surface area contributed by atoms with Crippen molar-refractivity contribution < 1.29 is 32.7 Å². The number of carbonyl (C=O) groups is 4. The Bertz CT molecular complexity index is 1040. The number of hydrogen-bond acceptors (Lipinski definition) is 6. The Morgan fingerprint density at radius 1 is 1.13 bits per heavy atom. The fourth-order valence-corrected chi connectivity index (χ4v) is 3.76. The van der Waals surface area contributed by atoms with E-state index in [0.717, 1.165) is 0 Å². The minimum atomic E-state index is -1.18. The highest BCUT2D eigenvalue weighted by Gasteiger charge is 2.43. The minimum Gasteiger partial charge on any atom is -0.447 e. The lowest BCUT2D eigenvalue weighted by Gasteiger charge is -2.25.